The van der Waals surface area contributed by atoms with E-state index in [0.717, 1.165) is 0 Å². The second-order valence-corrected chi connectivity index (χ2v) is 10.6. The average molecular weight is 473 g/mol. The maximum atomic E-state index is 17.0. The summed E-state index contributed by atoms with van der Waals surface area (Å²) in [4.78, 5) is 23.9. The van der Waals surface area contributed by atoms with E-state index in [1.54, 1.807) is 13.8 Å². The molecular formula is C21H26BrFO6. The topological polar surface area (TPSA) is 115 Å². The fourth-order valence-corrected chi connectivity index (χ4v) is 7.89. The number of hydrogen-bond acceptors (Lipinski definition) is 6. The minimum atomic E-state index is -2.27. The van der Waals surface area contributed by atoms with Crippen molar-refractivity contribution in [3.63, 3.8) is 0 Å². The third-order valence-corrected chi connectivity index (χ3v) is 9.30. The second-order valence-electron chi connectivity index (χ2n) is 9.46. The average Bonchev–Trinajstić information content (AvgIpc) is 2.85. The molecule has 3 saturated carbocycles. The molecule has 0 heterocycles. The summed E-state index contributed by atoms with van der Waals surface area (Å²) in [6.07, 6.45) is 1.30. The van der Waals surface area contributed by atoms with Crippen molar-refractivity contribution in [3.8, 4) is 0 Å². The number of aliphatic hydroxyl groups is 4. The van der Waals surface area contributed by atoms with E-state index in [1.807, 2.05) is 0 Å². The number of fused-ring (bicyclic) bond motifs is 5. The van der Waals surface area contributed by atoms with Gasteiger partial charge in [-0.3, -0.25) is 9.59 Å². The molecule has 0 amide bonds. The zero-order chi connectivity index (χ0) is 21.6. The lowest BCUT2D eigenvalue weighted by Crippen LogP contribution is -2.71. The Hall–Kier alpha value is -0.930. The minimum absolute atomic E-state index is 0.0261. The molecule has 4 aliphatic rings. The first kappa shape index (κ1) is 21.3. The van der Waals surface area contributed by atoms with Gasteiger partial charge in [0.2, 0.25) is 0 Å². The van der Waals surface area contributed by atoms with E-state index < -0.39 is 63.4 Å². The molecule has 3 fully saturated rings. The smallest absolute Gasteiger partial charge is 0.192 e. The summed E-state index contributed by atoms with van der Waals surface area (Å²) in [6, 6.07) is 0. The lowest BCUT2D eigenvalue weighted by molar-refractivity contribution is -0.220. The van der Waals surface area contributed by atoms with Crippen LogP contribution < -0.4 is 0 Å². The summed E-state index contributed by atoms with van der Waals surface area (Å²) in [5, 5.41) is 42.4. The van der Waals surface area contributed by atoms with Crippen LogP contribution in [0.1, 0.15) is 33.1 Å². The number of carbonyl (C=O) groups is 2. The number of alkyl halides is 2. The first-order valence-corrected chi connectivity index (χ1v) is 10.8. The van der Waals surface area contributed by atoms with Crippen molar-refractivity contribution in [3.05, 3.63) is 23.8 Å². The largest absolute Gasteiger partial charge is 0.390 e. The Bertz CT molecular complexity index is 843. The van der Waals surface area contributed by atoms with Gasteiger partial charge in [0, 0.05) is 21.6 Å². The van der Waals surface area contributed by atoms with E-state index >= 15 is 4.39 Å². The highest BCUT2D eigenvalue weighted by atomic mass is 79.9. The van der Waals surface area contributed by atoms with Crippen LogP contribution in [0.2, 0.25) is 0 Å². The lowest BCUT2D eigenvalue weighted by atomic mass is 9.44. The van der Waals surface area contributed by atoms with Crippen LogP contribution >= 0.6 is 15.9 Å². The van der Waals surface area contributed by atoms with Gasteiger partial charge >= 0.3 is 0 Å². The standard InChI is InChI=1S/C21H26BrFO6/c1-18-4-3-11(25)5-10(18)6-13(22)17-12-7-14(26)21(29,16(28)9-24)19(12,2)8-15(27)20(17,18)23/h3-5,12-15,17,24,26-27,29H,6-9H2,1-2H3/t12-,13+,14+,15-,17+,18-,19-,20+,21-/m0/s1. The Balaban J connectivity index is 1.88. The third kappa shape index (κ3) is 2.30. The summed E-state index contributed by atoms with van der Waals surface area (Å²) in [5.74, 6) is -2.61. The molecule has 0 bridgehead atoms. The molecule has 6 nitrogen and oxygen atoms in total. The molecule has 0 aromatic carbocycles. The highest BCUT2D eigenvalue weighted by Gasteiger charge is 2.77. The first-order chi connectivity index (χ1) is 13.4. The van der Waals surface area contributed by atoms with Crippen molar-refractivity contribution < 1.29 is 34.4 Å². The predicted molar refractivity (Wildman–Crippen MR) is 105 cm³/mol. The number of rotatable bonds is 2. The van der Waals surface area contributed by atoms with Gasteiger partial charge in [-0.05, 0) is 44.3 Å². The van der Waals surface area contributed by atoms with E-state index in [0.29, 0.717) is 12.0 Å². The SMILES string of the molecule is C[C@]12C=CC(=O)C=C1C[C@@H](Br)[C@H]1[C@@H]3C[C@@H](O)[C@](O)(C(=O)CO)[C@@]3(C)C[C@H](O)[C@@]12F. The Morgan fingerprint density at radius 1 is 1.31 bits per heavy atom. The molecule has 29 heavy (non-hydrogen) atoms. The number of carbonyl (C=O) groups excluding carboxylic acids is 2. The highest BCUT2D eigenvalue weighted by molar-refractivity contribution is 9.09. The summed E-state index contributed by atoms with van der Waals surface area (Å²) < 4.78 is 17.0. The molecule has 4 aliphatic carbocycles. The van der Waals surface area contributed by atoms with Gasteiger partial charge in [-0.2, -0.15) is 0 Å². The monoisotopic (exact) mass is 472 g/mol. The van der Waals surface area contributed by atoms with Crippen LogP contribution in [0, 0.1) is 22.7 Å². The van der Waals surface area contributed by atoms with E-state index in [4.69, 9.17) is 0 Å². The number of halogens is 2. The fraction of sp³-hybridized carbons (Fsp3) is 0.714. The van der Waals surface area contributed by atoms with E-state index in [9.17, 15) is 30.0 Å². The predicted octanol–water partition coefficient (Wildman–Crippen LogP) is 0.994. The van der Waals surface area contributed by atoms with Gasteiger partial charge in [-0.15, -0.1) is 0 Å². The second kappa shape index (κ2) is 6.29. The zero-order valence-corrected chi connectivity index (χ0v) is 17.9. The van der Waals surface area contributed by atoms with Gasteiger partial charge in [0.05, 0.1) is 12.2 Å². The van der Waals surface area contributed by atoms with Crippen LogP contribution in [0.4, 0.5) is 4.39 Å². The Morgan fingerprint density at radius 3 is 2.59 bits per heavy atom. The van der Waals surface area contributed by atoms with Crippen LogP contribution in [0.25, 0.3) is 0 Å². The molecule has 9 atom stereocenters. The Kier molecular flexibility index (Phi) is 4.62. The van der Waals surface area contributed by atoms with Crippen molar-refractivity contribution in [1.29, 1.82) is 0 Å². The molecule has 0 saturated heterocycles. The minimum Gasteiger partial charge on any atom is -0.390 e. The molecule has 0 spiro atoms. The van der Waals surface area contributed by atoms with Crippen LogP contribution in [0.3, 0.4) is 0 Å². The van der Waals surface area contributed by atoms with E-state index in [1.165, 1.54) is 18.2 Å². The Morgan fingerprint density at radius 2 is 1.97 bits per heavy atom. The van der Waals surface area contributed by atoms with Crippen LogP contribution in [-0.4, -0.2) is 66.9 Å². The highest BCUT2D eigenvalue weighted by Crippen LogP contribution is 2.70. The molecule has 8 heteroatoms. The maximum absolute atomic E-state index is 17.0. The first-order valence-electron chi connectivity index (χ1n) is 9.87. The van der Waals surface area contributed by atoms with Crippen LogP contribution in [0.5, 0.6) is 0 Å². The van der Waals surface area contributed by atoms with Crippen LogP contribution in [0.15, 0.2) is 23.8 Å². The van der Waals surface area contributed by atoms with Gasteiger partial charge in [0.1, 0.15) is 6.61 Å². The third-order valence-electron chi connectivity index (χ3n) is 8.40. The fourth-order valence-electron chi connectivity index (χ4n) is 6.79. The number of ketones is 2. The summed E-state index contributed by atoms with van der Waals surface area (Å²) >= 11 is 3.55. The molecule has 4 N–H and O–H groups in total. The van der Waals surface area contributed by atoms with Crippen molar-refractivity contribution in [2.24, 2.45) is 22.7 Å². The van der Waals surface area contributed by atoms with Gasteiger partial charge in [-0.1, -0.05) is 34.5 Å². The molecule has 0 aromatic heterocycles. The number of allylic oxidation sites excluding steroid dienone is 4. The van der Waals surface area contributed by atoms with Crippen molar-refractivity contribution in [1.82, 2.24) is 0 Å². The molecular weight excluding hydrogens is 447 g/mol. The molecule has 0 aliphatic heterocycles. The molecule has 0 aromatic rings. The molecule has 4 rings (SSSR count). The lowest BCUT2D eigenvalue weighted by Gasteiger charge is -2.63. The molecule has 0 unspecified atom stereocenters. The molecule has 160 valence electrons. The van der Waals surface area contributed by atoms with Crippen molar-refractivity contribution in [2.75, 3.05) is 6.61 Å². The number of aliphatic hydroxyl groups excluding tert-OH is 3. The van der Waals surface area contributed by atoms with Gasteiger partial charge < -0.3 is 20.4 Å². The zero-order valence-electron chi connectivity index (χ0n) is 16.3. The van der Waals surface area contributed by atoms with Gasteiger partial charge in [0.15, 0.2) is 22.8 Å². The van der Waals surface area contributed by atoms with Crippen molar-refractivity contribution in [2.45, 2.75) is 61.4 Å². The number of hydrogen-bond donors (Lipinski definition) is 4. The summed E-state index contributed by atoms with van der Waals surface area (Å²) in [6.45, 7) is 2.29. The van der Waals surface area contributed by atoms with Crippen LogP contribution in [-0.2, 0) is 9.59 Å². The normalized spacial score (nSPS) is 53.7. The quantitative estimate of drug-likeness (QED) is 0.445. The molecule has 0 radical (unpaired) electrons. The Labute approximate surface area is 176 Å². The van der Waals surface area contributed by atoms with E-state index in [-0.39, 0.29) is 18.6 Å². The number of Topliss-reactive ketones (excluding diaryl/α,β-unsaturated/α-hetero) is 1. The summed E-state index contributed by atoms with van der Waals surface area (Å²) in [5.41, 5.74) is -6.38. The van der Waals surface area contributed by atoms with Gasteiger partial charge in [0.25, 0.3) is 0 Å². The maximum Gasteiger partial charge on any atom is 0.192 e. The van der Waals surface area contributed by atoms with Crippen molar-refractivity contribution >= 4 is 27.5 Å². The summed E-state index contributed by atoms with van der Waals surface area (Å²) in [7, 11) is 0. The van der Waals surface area contributed by atoms with Gasteiger partial charge in [-0.25, -0.2) is 4.39 Å². The van der Waals surface area contributed by atoms with E-state index in [2.05, 4.69) is 15.9 Å².